The molecule has 0 spiro atoms. The Morgan fingerprint density at radius 2 is 1.71 bits per heavy atom. The van der Waals surface area contributed by atoms with Crippen LogP contribution in [0.15, 0.2) is 36.4 Å². The SMILES string of the molecule is Cc1cc(C(=O)CN2CCC(C)(C)CC2)c(C)n1-c1ccccc1. The van der Waals surface area contributed by atoms with Gasteiger partial charge in [-0.1, -0.05) is 32.0 Å². The lowest BCUT2D eigenvalue weighted by molar-refractivity contribution is 0.0845. The van der Waals surface area contributed by atoms with Gasteiger partial charge in [-0.3, -0.25) is 9.69 Å². The van der Waals surface area contributed by atoms with Crippen LogP contribution in [0.2, 0.25) is 0 Å². The Morgan fingerprint density at radius 1 is 1.08 bits per heavy atom. The molecule has 0 bridgehead atoms. The van der Waals surface area contributed by atoms with Crippen molar-refractivity contribution in [3.8, 4) is 5.69 Å². The molecule has 1 saturated heterocycles. The number of piperidine rings is 1. The Kier molecular flexibility index (Phi) is 4.64. The maximum absolute atomic E-state index is 12.8. The molecule has 128 valence electrons. The molecule has 3 rings (SSSR count). The summed E-state index contributed by atoms with van der Waals surface area (Å²) in [6.07, 6.45) is 2.34. The van der Waals surface area contributed by atoms with Gasteiger partial charge in [0.1, 0.15) is 0 Å². The normalized spacial score (nSPS) is 17.8. The average Bonchev–Trinajstić information content (AvgIpc) is 2.85. The number of ketones is 1. The molecule has 0 radical (unpaired) electrons. The van der Waals surface area contributed by atoms with Gasteiger partial charge in [-0.2, -0.15) is 0 Å². The predicted molar refractivity (Wildman–Crippen MR) is 99.0 cm³/mol. The van der Waals surface area contributed by atoms with E-state index in [0.29, 0.717) is 12.0 Å². The van der Waals surface area contributed by atoms with Crippen LogP contribution in [0.3, 0.4) is 0 Å². The Balaban J connectivity index is 1.77. The molecule has 3 nitrogen and oxygen atoms in total. The topological polar surface area (TPSA) is 25.2 Å². The first kappa shape index (κ1) is 17.0. The van der Waals surface area contributed by atoms with Crippen molar-refractivity contribution in [1.82, 2.24) is 9.47 Å². The fourth-order valence-corrected chi connectivity index (χ4v) is 3.62. The van der Waals surface area contributed by atoms with Crippen molar-refractivity contribution in [2.45, 2.75) is 40.5 Å². The number of likely N-dealkylation sites (tertiary alicyclic amines) is 1. The van der Waals surface area contributed by atoms with E-state index in [1.165, 1.54) is 12.8 Å². The summed E-state index contributed by atoms with van der Waals surface area (Å²) >= 11 is 0. The molecular weight excluding hydrogens is 296 g/mol. The first-order chi connectivity index (χ1) is 11.4. The number of Topliss-reactive ketones (excluding diaryl/α,β-unsaturated/α-hetero) is 1. The molecule has 1 aliphatic heterocycles. The van der Waals surface area contributed by atoms with Crippen LogP contribution in [-0.2, 0) is 0 Å². The minimum atomic E-state index is 0.241. The number of carbonyl (C=O) groups is 1. The van der Waals surface area contributed by atoms with Gasteiger partial charge >= 0.3 is 0 Å². The first-order valence-corrected chi connectivity index (χ1v) is 8.87. The van der Waals surface area contributed by atoms with Crippen molar-refractivity contribution < 1.29 is 4.79 Å². The van der Waals surface area contributed by atoms with Crippen molar-refractivity contribution in [3.63, 3.8) is 0 Å². The second-order valence-electron chi connectivity index (χ2n) is 7.82. The summed E-state index contributed by atoms with van der Waals surface area (Å²) in [7, 11) is 0. The van der Waals surface area contributed by atoms with Crippen LogP contribution in [-0.4, -0.2) is 34.9 Å². The van der Waals surface area contributed by atoms with Crippen LogP contribution in [0, 0.1) is 19.3 Å². The maximum atomic E-state index is 12.8. The number of rotatable bonds is 4. The molecule has 2 aromatic rings. The third kappa shape index (κ3) is 3.46. The fourth-order valence-electron chi connectivity index (χ4n) is 3.62. The molecule has 1 aliphatic rings. The summed E-state index contributed by atoms with van der Waals surface area (Å²) in [5.41, 5.74) is 4.55. The van der Waals surface area contributed by atoms with E-state index in [1.807, 2.05) is 31.2 Å². The van der Waals surface area contributed by atoms with Gasteiger partial charge in [0.2, 0.25) is 0 Å². The molecule has 0 saturated carbocycles. The van der Waals surface area contributed by atoms with Crippen molar-refractivity contribution in [1.29, 1.82) is 0 Å². The van der Waals surface area contributed by atoms with Gasteiger partial charge in [-0.25, -0.2) is 0 Å². The number of carbonyl (C=O) groups excluding carboxylic acids is 1. The molecule has 0 N–H and O–H groups in total. The molecule has 2 heterocycles. The number of hydrogen-bond acceptors (Lipinski definition) is 2. The summed E-state index contributed by atoms with van der Waals surface area (Å²) in [4.78, 5) is 15.1. The second-order valence-corrected chi connectivity index (χ2v) is 7.82. The van der Waals surface area contributed by atoms with Gasteiger partial charge in [0.25, 0.3) is 0 Å². The van der Waals surface area contributed by atoms with E-state index in [1.54, 1.807) is 0 Å². The highest BCUT2D eigenvalue weighted by Crippen LogP contribution is 2.30. The zero-order valence-corrected chi connectivity index (χ0v) is 15.3. The van der Waals surface area contributed by atoms with Gasteiger partial charge in [0, 0.05) is 22.6 Å². The van der Waals surface area contributed by atoms with Crippen molar-refractivity contribution >= 4 is 5.78 Å². The third-order valence-corrected chi connectivity index (χ3v) is 5.32. The summed E-state index contributed by atoms with van der Waals surface area (Å²) in [6, 6.07) is 12.3. The van der Waals surface area contributed by atoms with Crippen LogP contribution in [0.5, 0.6) is 0 Å². The molecule has 0 aliphatic carbocycles. The van der Waals surface area contributed by atoms with Crippen LogP contribution < -0.4 is 0 Å². The zero-order valence-electron chi connectivity index (χ0n) is 15.3. The standard InChI is InChI=1S/C21H28N2O/c1-16-14-19(17(2)23(16)18-8-6-5-7-9-18)20(24)15-22-12-10-21(3,4)11-13-22/h5-9,14H,10-13,15H2,1-4H3. The van der Waals surface area contributed by atoms with Gasteiger partial charge in [-0.15, -0.1) is 0 Å². The molecule has 0 atom stereocenters. The number of aryl methyl sites for hydroxylation is 1. The van der Waals surface area contributed by atoms with Crippen LogP contribution in [0.25, 0.3) is 5.69 Å². The molecule has 24 heavy (non-hydrogen) atoms. The molecule has 1 aromatic heterocycles. The monoisotopic (exact) mass is 324 g/mol. The van der Waals surface area contributed by atoms with Crippen molar-refractivity contribution in [2.75, 3.05) is 19.6 Å². The molecule has 0 amide bonds. The Labute approximate surface area is 145 Å². The van der Waals surface area contributed by atoms with E-state index in [-0.39, 0.29) is 5.78 Å². The zero-order chi connectivity index (χ0) is 17.3. The van der Waals surface area contributed by atoms with Crippen LogP contribution in [0.1, 0.15) is 48.4 Å². The van der Waals surface area contributed by atoms with E-state index in [9.17, 15) is 4.79 Å². The van der Waals surface area contributed by atoms with E-state index >= 15 is 0 Å². The number of hydrogen-bond donors (Lipinski definition) is 0. The van der Waals surface area contributed by atoms with E-state index in [2.05, 4.69) is 42.4 Å². The third-order valence-electron chi connectivity index (χ3n) is 5.32. The van der Waals surface area contributed by atoms with E-state index < -0.39 is 0 Å². The number of aromatic nitrogens is 1. The summed E-state index contributed by atoms with van der Waals surface area (Å²) in [5.74, 6) is 0.241. The largest absolute Gasteiger partial charge is 0.318 e. The number of benzene rings is 1. The minimum Gasteiger partial charge on any atom is -0.318 e. The molecule has 0 unspecified atom stereocenters. The minimum absolute atomic E-state index is 0.241. The fraction of sp³-hybridized carbons (Fsp3) is 0.476. The highest BCUT2D eigenvalue weighted by Gasteiger charge is 2.27. The number of nitrogens with zero attached hydrogens (tertiary/aromatic N) is 2. The van der Waals surface area contributed by atoms with Crippen LogP contribution in [0.4, 0.5) is 0 Å². The maximum Gasteiger partial charge on any atom is 0.178 e. The molecular formula is C21H28N2O. The average molecular weight is 324 g/mol. The molecule has 3 heteroatoms. The van der Waals surface area contributed by atoms with E-state index in [0.717, 1.165) is 35.7 Å². The second kappa shape index (κ2) is 6.56. The van der Waals surface area contributed by atoms with Gasteiger partial charge in [-0.05, 0) is 63.4 Å². The Hall–Kier alpha value is -1.87. The number of para-hydroxylation sites is 1. The van der Waals surface area contributed by atoms with Gasteiger partial charge < -0.3 is 4.57 Å². The Bertz CT molecular complexity index is 718. The molecule has 1 aromatic carbocycles. The summed E-state index contributed by atoms with van der Waals surface area (Å²) < 4.78 is 2.17. The quantitative estimate of drug-likeness (QED) is 0.779. The lowest BCUT2D eigenvalue weighted by Crippen LogP contribution is -2.40. The van der Waals surface area contributed by atoms with Crippen molar-refractivity contribution in [2.24, 2.45) is 5.41 Å². The highest BCUT2D eigenvalue weighted by molar-refractivity contribution is 5.99. The highest BCUT2D eigenvalue weighted by atomic mass is 16.1. The lowest BCUT2D eigenvalue weighted by atomic mass is 9.82. The van der Waals surface area contributed by atoms with Crippen molar-refractivity contribution in [3.05, 3.63) is 53.3 Å². The van der Waals surface area contributed by atoms with Gasteiger partial charge in [0.15, 0.2) is 5.78 Å². The van der Waals surface area contributed by atoms with Gasteiger partial charge in [0.05, 0.1) is 6.54 Å². The lowest BCUT2D eigenvalue weighted by Gasteiger charge is -2.36. The summed E-state index contributed by atoms with van der Waals surface area (Å²) in [5, 5.41) is 0. The van der Waals surface area contributed by atoms with Crippen LogP contribution >= 0.6 is 0 Å². The first-order valence-electron chi connectivity index (χ1n) is 8.87. The smallest absolute Gasteiger partial charge is 0.178 e. The Morgan fingerprint density at radius 3 is 2.33 bits per heavy atom. The van der Waals surface area contributed by atoms with E-state index in [4.69, 9.17) is 0 Å². The predicted octanol–water partition coefficient (Wildman–Crippen LogP) is 4.40. The summed E-state index contributed by atoms with van der Waals surface area (Å²) in [6.45, 7) is 11.3. The molecule has 1 fully saturated rings.